The van der Waals surface area contributed by atoms with Gasteiger partial charge in [0.25, 0.3) is 0 Å². The lowest BCUT2D eigenvalue weighted by Crippen LogP contribution is -2.44. The van der Waals surface area contributed by atoms with Gasteiger partial charge in [-0.1, -0.05) is 6.07 Å². The van der Waals surface area contributed by atoms with E-state index in [2.05, 4.69) is 10.3 Å². The van der Waals surface area contributed by atoms with E-state index in [1.165, 1.54) is 6.92 Å². The minimum absolute atomic E-state index is 0.127. The number of rotatable bonds is 4. The molecule has 0 bridgehead atoms. The van der Waals surface area contributed by atoms with Crippen molar-refractivity contribution in [2.75, 3.05) is 0 Å². The van der Waals surface area contributed by atoms with Gasteiger partial charge in [0, 0.05) is 18.3 Å². The molecule has 20 heavy (non-hydrogen) atoms. The van der Waals surface area contributed by atoms with Crippen LogP contribution in [0.4, 0.5) is 4.79 Å². The summed E-state index contributed by atoms with van der Waals surface area (Å²) in [6, 6.07) is 3.15. The van der Waals surface area contributed by atoms with Gasteiger partial charge in [0.05, 0.1) is 6.04 Å². The van der Waals surface area contributed by atoms with Crippen LogP contribution in [0.15, 0.2) is 18.3 Å². The van der Waals surface area contributed by atoms with E-state index in [4.69, 9.17) is 4.74 Å². The highest BCUT2D eigenvalue weighted by atomic mass is 16.6. The number of nitrogens with one attached hydrogen (secondary N) is 1. The zero-order valence-corrected chi connectivity index (χ0v) is 12.7. The summed E-state index contributed by atoms with van der Waals surface area (Å²) in [5, 5.41) is 2.59. The third kappa shape index (κ3) is 5.82. The van der Waals surface area contributed by atoms with Crippen molar-refractivity contribution in [1.29, 1.82) is 0 Å². The second-order valence-electron chi connectivity index (χ2n) is 5.84. The van der Waals surface area contributed by atoms with E-state index < -0.39 is 17.7 Å². The summed E-state index contributed by atoms with van der Waals surface area (Å²) in [5.41, 5.74) is 1.22. The second-order valence-corrected chi connectivity index (χ2v) is 5.84. The number of hydrogen-bond acceptors (Lipinski definition) is 4. The van der Waals surface area contributed by atoms with Gasteiger partial charge in [-0.2, -0.15) is 0 Å². The fraction of sp³-hybridized carbons (Fsp3) is 0.533. The Hall–Kier alpha value is -1.91. The van der Waals surface area contributed by atoms with Crippen molar-refractivity contribution >= 4 is 11.9 Å². The molecule has 1 heterocycles. The van der Waals surface area contributed by atoms with Crippen LogP contribution in [0.3, 0.4) is 0 Å². The molecule has 0 aromatic carbocycles. The Balaban J connectivity index is 2.68. The number of aryl methyl sites for hydroxylation is 1. The van der Waals surface area contributed by atoms with Crippen LogP contribution in [-0.2, 0) is 16.0 Å². The molecule has 5 heteroatoms. The van der Waals surface area contributed by atoms with Crippen LogP contribution in [0.1, 0.15) is 39.0 Å². The molecule has 0 aliphatic carbocycles. The Kier molecular flexibility index (Phi) is 5.25. The molecule has 0 saturated heterocycles. The Morgan fingerprint density at radius 1 is 1.35 bits per heavy atom. The minimum atomic E-state index is -0.625. The van der Waals surface area contributed by atoms with E-state index in [0.717, 1.165) is 11.3 Å². The van der Waals surface area contributed by atoms with Crippen LogP contribution >= 0.6 is 0 Å². The maximum Gasteiger partial charge on any atom is 0.408 e. The highest BCUT2D eigenvalue weighted by Gasteiger charge is 2.22. The van der Waals surface area contributed by atoms with E-state index in [9.17, 15) is 9.59 Å². The lowest BCUT2D eigenvalue weighted by molar-refractivity contribution is -0.119. The Bertz CT molecular complexity index is 475. The molecule has 1 amide bonds. The lowest BCUT2D eigenvalue weighted by atomic mass is 10.1. The minimum Gasteiger partial charge on any atom is -0.444 e. The standard InChI is InChI=1S/C15H22N2O3/c1-10-6-7-12(16-9-10)8-13(11(2)18)17-14(19)20-15(3,4)5/h6-7,9,13H,8H2,1-5H3,(H,17,19)/t13-/m0/s1. The molecule has 1 atom stereocenters. The lowest BCUT2D eigenvalue weighted by Gasteiger charge is -2.22. The first-order valence-corrected chi connectivity index (χ1v) is 6.59. The van der Waals surface area contributed by atoms with Gasteiger partial charge in [0.1, 0.15) is 5.60 Å². The van der Waals surface area contributed by atoms with Crippen molar-refractivity contribution in [3.63, 3.8) is 0 Å². The number of pyridine rings is 1. The normalized spacial score (nSPS) is 12.7. The van der Waals surface area contributed by atoms with E-state index in [-0.39, 0.29) is 5.78 Å². The summed E-state index contributed by atoms with van der Waals surface area (Å²) in [6.45, 7) is 8.71. The monoisotopic (exact) mass is 278 g/mol. The van der Waals surface area contributed by atoms with Crippen LogP contribution in [0.2, 0.25) is 0 Å². The molecule has 0 fully saturated rings. The van der Waals surface area contributed by atoms with Crippen molar-refractivity contribution in [2.45, 2.75) is 52.7 Å². The summed E-state index contributed by atoms with van der Waals surface area (Å²) in [6.07, 6.45) is 1.50. The van der Waals surface area contributed by atoms with Gasteiger partial charge in [0.15, 0.2) is 5.78 Å². The van der Waals surface area contributed by atoms with Crippen LogP contribution in [0, 0.1) is 6.92 Å². The number of Topliss-reactive ketones (excluding diaryl/α,β-unsaturated/α-hetero) is 1. The molecule has 110 valence electrons. The molecule has 0 radical (unpaired) electrons. The maximum atomic E-state index is 11.7. The molecule has 0 aliphatic rings. The van der Waals surface area contributed by atoms with Gasteiger partial charge in [-0.15, -0.1) is 0 Å². The summed E-state index contributed by atoms with van der Waals surface area (Å²) in [5.74, 6) is -0.127. The number of nitrogens with zero attached hydrogens (tertiary/aromatic N) is 1. The number of ether oxygens (including phenoxy) is 1. The van der Waals surface area contributed by atoms with Crippen molar-refractivity contribution in [3.05, 3.63) is 29.6 Å². The van der Waals surface area contributed by atoms with Crippen molar-refractivity contribution in [1.82, 2.24) is 10.3 Å². The fourth-order valence-corrected chi connectivity index (χ4v) is 1.57. The van der Waals surface area contributed by atoms with Gasteiger partial charge in [0.2, 0.25) is 0 Å². The average Bonchev–Trinajstić information content (AvgIpc) is 2.28. The zero-order valence-electron chi connectivity index (χ0n) is 12.7. The molecular formula is C15H22N2O3. The molecular weight excluding hydrogens is 256 g/mol. The van der Waals surface area contributed by atoms with Gasteiger partial charge in [-0.3, -0.25) is 9.78 Å². The topological polar surface area (TPSA) is 68.3 Å². The molecule has 5 nitrogen and oxygen atoms in total. The fourth-order valence-electron chi connectivity index (χ4n) is 1.57. The molecule has 1 N–H and O–H groups in total. The Morgan fingerprint density at radius 2 is 2.00 bits per heavy atom. The first-order valence-electron chi connectivity index (χ1n) is 6.59. The molecule has 0 aliphatic heterocycles. The second kappa shape index (κ2) is 6.50. The van der Waals surface area contributed by atoms with Crippen LogP contribution in [0.5, 0.6) is 0 Å². The molecule has 0 unspecified atom stereocenters. The number of aromatic nitrogens is 1. The average molecular weight is 278 g/mol. The molecule has 1 rings (SSSR count). The van der Waals surface area contributed by atoms with Gasteiger partial charge in [-0.05, 0) is 46.2 Å². The van der Waals surface area contributed by atoms with Crippen molar-refractivity contribution in [3.8, 4) is 0 Å². The number of alkyl carbamates (subject to hydrolysis) is 1. The first-order chi connectivity index (χ1) is 9.17. The number of amides is 1. The number of carbonyl (C=O) groups is 2. The summed E-state index contributed by atoms with van der Waals surface area (Å²) in [7, 11) is 0. The largest absolute Gasteiger partial charge is 0.444 e. The Labute approximate surface area is 119 Å². The van der Waals surface area contributed by atoms with Gasteiger partial charge in [-0.25, -0.2) is 4.79 Å². The predicted molar refractivity (Wildman–Crippen MR) is 76.5 cm³/mol. The van der Waals surface area contributed by atoms with Crippen LogP contribution in [0.25, 0.3) is 0 Å². The van der Waals surface area contributed by atoms with Crippen LogP contribution in [-0.4, -0.2) is 28.5 Å². The van der Waals surface area contributed by atoms with E-state index in [1.807, 2.05) is 19.1 Å². The predicted octanol–water partition coefficient (Wildman–Crippen LogP) is 2.41. The smallest absolute Gasteiger partial charge is 0.408 e. The van der Waals surface area contributed by atoms with Gasteiger partial charge < -0.3 is 10.1 Å². The molecule has 0 spiro atoms. The maximum absolute atomic E-state index is 11.7. The number of carbonyl (C=O) groups excluding carboxylic acids is 2. The molecule has 1 aromatic rings. The third-order valence-corrected chi connectivity index (χ3v) is 2.57. The highest BCUT2D eigenvalue weighted by molar-refractivity contribution is 5.85. The van der Waals surface area contributed by atoms with Gasteiger partial charge >= 0.3 is 6.09 Å². The zero-order chi connectivity index (χ0) is 15.3. The Morgan fingerprint density at radius 3 is 2.45 bits per heavy atom. The third-order valence-electron chi connectivity index (χ3n) is 2.57. The van der Waals surface area contributed by atoms with Crippen molar-refractivity contribution in [2.24, 2.45) is 0 Å². The SMILES string of the molecule is CC(=O)[C@H](Cc1ccc(C)cn1)NC(=O)OC(C)(C)C. The summed E-state index contributed by atoms with van der Waals surface area (Å²) >= 11 is 0. The summed E-state index contributed by atoms with van der Waals surface area (Å²) < 4.78 is 5.15. The quantitative estimate of drug-likeness (QED) is 0.918. The number of ketones is 1. The molecule has 1 aromatic heterocycles. The molecule has 0 saturated carbocycles. The summed E-state index contributed by atoms with van der Waals surface area (Å²) in [4.78, 5) is 27.6. The van der Waals surface area contributed by atoms with E-state index in [0.29, 0.717) is 6.42 Å². The number of hydrogen-bond donors (Lipinski definition) is 1. The first kappa shape index (κ1) is 16.1. The van der Waals surface area contributed by atoms with E-state index in [1.54, 1.807) is 27.0 Å². The van der Waals surface area contributed by atoms with Crippen molar-refractivity contribution < 1.29 is 14.3 Å². The highest BCUT2D eigenvalue weighted by Crippen LogP contribution is 2.08. The van der Waals surface area contributed by atoms with E-state index >= 15 is 0 Å². The van der Waals surface area contributed by atoms with Crippen LogP contribution < -0.4 is 5.32 Å².